The van der Waals surface area contributed by atoms with Gasteiger partial charge in [-0.1, -0.05) is 0 Å². The van der Waals surface area contributed by atoms with Crippen LogP contribution in [0.1, 0.15) is 19.8 Å². The molecule has 0 fully saturated rings. The van der Waals surface area contributed by atoms with Gasteiger partial charge in [0.05, 0.1) is 0 Å². The molecular formula is C7H14N2O4. The van der Waals surface area contributed by atoms with E-state index < -0.39 is 18.2 Å². The summed E-state index contributed by atoms with van der Waals surface area (Å²) >= 11 is 0. The summed E-state index contributed by atoms with van der Waals surface area (Å²) in [7, 11) is 0. The highest BCUT2D eigenvalue weighted by molar-refractivity contribution is 6.28. The maximum atomic E-state index is 10.5. The lowest BCUT2D eigenvalue weighted by Crippen LogP contribution is -2.32. The van der Waals surface area contributed by atoms with Crippen molar-refractivity contribution in [1.82, 2.24) is 0 Å². The summed E-state index contributed by atoms with van der Waals surface area (Å²) in [6.45, 7) is 1.78. The van der Waals surface area contributed by atoms with Crippen LogP contribution < -0.4 is 11.5 Å². The van der Waals surface area contributed by atoms with Gasteiger partial charge in [-0.3, -0.25) is 5.73 Å². The standard InChI is InChI=1S/C7H14N2O4/c1-4(8)2-3-5(9)13-7(12)6(10)11/h4-5H,2-3,8-9H2,1H3,(H,10,11). The van der Waals surface area contributed by atoms with E-state index in [-0.39, 0.29) is 6.04 Å². The minimum absolute atomic E-state index is 0.0467. The third kappa shape index (κ3) is 6.06. The zero-order valence-electron chi connectivity index (χ0n) is 7.40. The largest absolute Gasteiger partial charge is 0.473 e. The average molecular weight is 190 g/mol. The molecule has 0 aromatic heterocycles. The van der Waals surface area contributed by atoms with Crippen LogP contribution in [0, 0.1) is 0 Å². The summed E-state index contributed by atoms with van der Waals surface area (Å²) in [5, 5.41) is 8.15. The van der Waals surface area contributed by atoms with E-state index in [0.29, 0.717) is 12.8 Å². The van der Waals surface area contributed by atoms with Gasteiger partial charge < -0.3 is 15.6 Å². The van der Waals surface area contributed by atoms with Crippen molar-refractivity contribution in [2.45, 2.75) is 32.0 Å². The summed E-state index contributed by atoms with van der Waals surface area (Å²) in [4.78, 5) is 20.5. The molecule has 0 aromatic carbocycles. The van der Waals surface area contributed by atoms with Crippen LogP contribution in [0.25, 0.3) is 0 Å². The Morgan fingerprint density at radius 3 is 2.31 bits per heavy atom. The van der Waals surface area contributed by atoms with Gasteiger partial charge in [-0.15, -0.1) is 0 Å². The molecule has 13 heavy (non-hydrogen) atoms. The van der Waals surface area contributed by atoms with Crippen LogP contribution >= 0.6 is 0 Å². The van der Waals surface area contributed by atoms with Crippen molar-refractivity contribution in [3.05, 3.63) is 0 Å². The lowest BCUT2D eigenvalue weighted by molar-refractivity contribution is -0.167. The molecule has 0 aromatic rings. The van der Waals surface area contributed by atoms with Crippen LogP contribution in [0.3, 0.4) is 0 Å². The number of rotatable bonds is 4. The summed E-state index contributed by atoms with van der Waals surface area (Å²) in [5.74, 6) is -2.98. The predicted molar refractivity (Wildman–Crippen MR) is 44.6 cm³/mol. The maximum Gasteiger partial charge on any atom is 0.418 e. The Morgan fingerprint density at radius 2 is 1.92 bits per heavy atom. The van der Waals surface area contributed by atoms with E-state index >= 15 is 0 Å². The van der Waals surface area contributed by atoms with Crippen molar-refractivity contribution < 1.29 is 19.4 Å². The van der Waals surface area contributed by atoms with E-state index in [9.17, 15) is 9.59 Å². The molecule has 6 nitrogen and oxygen atoms in total. The number of carboxylic acids is 1. The summed E-state index contributed by atoms with van der Waals surface area (Å²) in [6, 6.07) is -0.0467. The molecule has 0 bridgehead atoms. The molecule has 76 valence electrons. The molecule has 0 heterocycles. The van der Waals surface area contributed by atoms with Crippen molar-refractivity contribution in [2.24, 2.45) is 11.5 Å². The lowest BCUT2D eigenvalue weighted by atomic mass is 10.2. The average Bonchev–Trinajstić information content (AvgIpc) is 2.00. The smallest absolute Gasteiger partial charge is 0.418 e. The molecule has 6 heteroatoms. The Balaban J connectivity index is 3.68. The first-order valence-electron chi connectivity index (χ1n) is 3.88. The van der Waals surface area contributed by atoms with Crippen molar-refractivity contribution in [3.8, 4) is 0 Å². The fourth-order valence-corrected chi connectivity index (χ4v) is 0.674. The van der Waals surface area contributed by atoms with Crippen molar-refractivity contribution >= 4 is 11.9 Å². The second-order valence-electron chi connectivity index (χ2n) is 2.80. The monoisotopic (exact) mass is 190 g/mol. The molecule has 0 saturated heterocycles. The number of esters is 1. The SMILES string of the molecule is CC(N)CCC(N)OC(=O)C(=O)O. The van der Waals surface area contributed by atoms with Gasteiger partial charge in [-0.25, -0.2) is 9.59 Å². The highest BCUT2D eigenvalue weighted by Crippen LogP contribution is 1.99. The topological polar surface area (TPSA) is 116 Å². The molecule has 2 unspecified atom stereocenters. The fourth-order valence-electron chi connectivity index (χ4n) is 0.674. The number of hydrogen-bond donors (Lipinski definition) is 3. The van der Waals surface area contributed by atoms with E-state index in [1.807, 2.05) is 0 Å². The summed E-state index contributed by atoms with van der Waals surface area (Å²) in [5.41, 5.74) is 10.7. The van der Waals surface area contributed by atoms with E-state index in [1.165, 1.54) is 0 Å². The fraction of sp³-hybridized carbons (Fsp3) is 0.714. The molecule has 0 aliphatic carbocycles. The minimum atomic E-state index is -1.64. The van der Waals surface area contributed by atoms with E-state index in [0.717, 1.165) is 0 Å². The van der Waals surface area contributed by atoms with Gasteiger partial charge >= 0.3 is 11.9 Å². The highest BCUT2D eigenvalue weighted by Gasteiger charge is 2.16. The Morgan fingerprint density at radius 1 is 1.38 bits per heavy atom. The number of nitrogens with two attached hydrogens (primary N) is 2. The van der Waals surface area contributed by atoms with Crippen LogP contribution in [0.4, 0.5) is 0 Å². The van der Waals surface area contributed by atoms with Gasteiger partial charge in [-0.05, 0) is 19.8 Å². The van der Waals surface area contributed by atoms with Crippen LogP contribution in [0.5, 0.6) is 0 Å². The van der Waals surface area contributed by atoms with Crippen molar-refractivity contribution in [3.63, 3.8) is 0 Å². The van der Waals surface area contributed by atoms with Crippen LogP contribution in [-0.2, 0) is 14.3 Å². The van der Waals surface area contributed by atoms with Crippen LogP contribution in [0.2, 0.25) is 0 Å². The second kappa shape index (κ2) is 5.50. The quantitative estimate of drug-likeness (QED) is 0.298. The Bertz CT molecular complexity index is 193. The van der Waals surface area contributed by atoms with Crippen molar-refractivity contribution in [2.75, 3.05) is 0 Å². The minimum Gasteiger partial charge on any atom is -0.473 e. The number of carbonyl (C=O) groups excluding carboxylic acids is 1. The number of ether oxygens (including phenoxy) is 1. The van der Waals surface area contributed by atoms with Crippen molar-refractivity contribution in [1.29, 1.82) is 0 Å². The number of hydrogen-bond acceptors (Lipinski definition) is 5. The Labute approximate surface area is 75.8 Å². The maximum absolute atomic E-state index is 10.5. The first kappa shape index (κ1) is 11.9. The Kier molecular flexibility index (Phi) is 5.01. The molecule has 5 N–H and O–H groups in total. The summed E-state index contributed by atoms with van der Waals surface area (Å²) < 4.78 is 4.35. The first-order valence-corrected chi connectivity index (χ1v) is 3.88. The lowest BCUT2D eigenvalue weighted by Gasteiger charge is -2.12. The van der Waals surface area contributed by atoms with Gasteiger partial charge in [0.2, 0.25) is 0 Å². The molecule has 0 rings (SSSR count). The first-order chi connectivity index (χ1) is 5.93. The van der Waals surface area contributed by atoms with Crippen LogP contribution in [0.15, 0.2) is 0 Å². The molecule has 0 radical (unpaired) electrons. The highest BCUT2D eigenvalue weighted by atomic mass is 16.6. The number of aliphatic carboxylic acids is 1. The normalized spacial score (nSPS) is 14.7. The zero-order valence-corrected chi connectivity index (χ0v) is 7.40. The van der Waals surface area contributed by atoms with Gasteiger partial charge in [0.25, 0.3) is 0 Å². The third-order valence-corrected chi connectivity index (χ3v) is 1.34. The molecule has 2 atom stereocenters. The van der Waals surface area contributed by atoms with Gasteiger partial charge in [0, 0.05) is 6.04 Å². The summed E-state index contributed by atoms with van der Waals surface area (Å²) in [6.07, 6.45) is 0.0414. The van der Waals surface area contributed by atoms with Gasteiger partial charge in [0.15, 0.2) is 6.23 Å². The van der Waals surface area contributed by atoms with E-state index in [2.05, 4.69) is 4.74 Å². The molecule has 0 aliphatic heterocycles. The van der Waals surface area contributed by atoms with E-state index in [1.54, 1.807) is 6.92 Å². The zero-order chi connectivity index (χ0) is 10.4. The van der Waals surface area contributed by atoms with Gasteiger partial charge in [-0.2, -0.15) is 0 Å². The molecular weight excluding hydrogens is 176 g/mol. The number of carboxylic acid groups (broad SMARTS) is 1. The Hall–Kier alpha value is -1.14. The third-order valence-electron chi connectivity index (χ3n) is 1.34. The predicted octanol–water partition coefficient (Wildman–Crippen LogP) is -0.974. The second-order valence-corrected chi connectivity index (χ2v) is 2.80. The molecule has 0 aliphatic rings. The molecule has 0 saturated carbocycles. The van der Waals surface area contributed by atoms with Gasteiger partial charge in [0.1, 0.15) is 0 Å². The van der Waals surface area contributed by atoms with E-state index in [4.69, 9.17) is 16.6 Å². The molecule has 0 spiro atoms. The van der Waals surface area contributed by atoms with Crippen LogP contribution in [-0.4, -0.2) is 29.3 Å². The molecule has 0 amide bonds. The number of carbonyl (C=O) groups is 2.